The van der Waals surface area contributed by atoms with Gasteiger partial charge in [-0.15, -0.1) is 0 Å². The number of hydrogen-bond donors (Lipinski definition) is 1. The molecule has 0 radical (unpaired) electrons. The van der Waals surface area contributed by atoms with E-state index >= 15 is 0 Å². The van der Waals surface area contributed by atoms with Crippen molar-refractivity contribution in [3.8, 4) is 0 Å². The fourth-order valence-electron chi connectivity index (χ4n) is 1.79. The van der Waals surface area contributed by atoms with Gasteiger partial charge in [0.1, 0.15) is 11.6 Å². The second kappa shape index (κ2) is 3.82. The summed E-state index contributed by atoms with van der Waals surface area (Å²) in [5.74, 6) is 1.12. The van der Waals surface area contributed by atoms with Crippen molar-refractivity contribution in [2.75, 3.05) is 23.7 Å². The van der Waals surface area contributed by atoms with Crippen LogP contribution < -0.4 is 10.6 Å². The molecule has 1 unspecified atom stereocenters. The largest absolute Gasteiger partial charge is 0.382 e. The Kier molecular flexibility index (Phi) is 1.92. The standard InChI is InChI=1S/C10H16N4/c1-8-3-2-4-14(7-8)10-6-12-9(11)5-13-10/h5-6,8H,2-4,7H2,1H3,(H2,11,12)/i5D,6D. The zero-order valence-electron chi connectivity index (χ0n) is 10.3. The Morgan fingerprint density at radius 1 is 1.57 bits per heavy atom. The van der Waals surface area contributed by atoms with E-state index in [1.165, 1.54) is 6.42 Å². The van der Waals surface area contributed by atoms with Gasteiger partial charge in [0.25, 0.3) is 0 Å². The van der Waals surface area contributed by atoms with E-state index in [4.69, 9.17) is 8.48 Å². The summed E-state index contributed by atoms with van der Waals surface area (Å²) in [5.41, 5.74) is 5.45. The fraction of sp³-hybridized carbons (Fsp3) is 0.600. The molecule has 76 valence electrons. The van der Waals surface area contributed by atoms with Gasteiger partial charge in [-0.2, -0.15) is 0 Å². The van der Waals surface area contributed by atoms with Crippen LogP contribution in [0.3, 0.4) is 0 Å². The molecule has 2 N–H and O–H groups in total. The van der Waals surface area contributed by atoms with E-state index in [9.17, 15) is 0 Å². The van der Waals surface area contributed by atoms with Gasteiger partial charge in [0.2, 0.25) is 0 Å². The van der Waals surface area contributed by atoms with E-state index in [1.54, 1.807) is 0 Å². The van der Waals surface area contributed by atoms with Crippen LogP contribution in [0.15, 0.2) is 12.3 Å². The van der Waals surface area contributed by atoms with Crippen molar-refractivity contribution >= 4 is 11.6 Å². The van der Waals surface area contributed by atoms with Gasteiger partial charge in [-0.3, -0.25) is 0 Å². The molecule has 0 aromatic carbocycles. The lowest BCUT2D eigenvalue weighted by Gasteiger charge is -2.31. The van der Waals surface area contributed by atoms with Crippen LogP contribution in [0.2, 0.25) is 0 Å². The molecule has 0 saturated carbocycles. The average Bonchev–Trinajstić information content (AvgIpc) is 2.23. The molecule has 1 aliphatic rings. The lowest BCUT2D eigenvalue weighted by atomic mass is 10.0. The Bertz CT molecular complexity index is 397. The lowest BCUT2D eigenvalue weighted by molar-refractivity contribution is 0.444. The van der Waals surface area contributed by atoms with Crippen LogP contribution in [-0.4, -0.2) is 23.1 Å². The number of aromatic nitrogens is 2. The van der Waals surface area contributed by atoms with Gasteiger partial charge in [-0.05, 0) is 18.8 Å². The first-order valence-electron chi connectivity index (χ1n) is 5.93. The molecule has 14 heavy (non-hydrogen) atoms. The van der Waals surface area contributed by atoms with E-state index in [1.807, 2.05) is 4.90 Å². The van der Waals surface area contributed by atoms with Crippen LogP contribution in [0.4, 0.5) is 11.6 Å². The normalized spacial score (nSPS) is 24.4. The number of nitrogens with zero attached hydrogens (tertiary/aromatic N) is 3. The third-order valence-electron chi connectivity index (χ3n) is 2.51. The minimum atomic E-state index is -0.0378. The van der Waals surface area contributed by atoms with Crippen molar-refractivity contribution in [2.24, 2.45) is 5.92 Å². The van der Waals surface area contributed by atoms with Gasteiger partial charge in [-0.1, -0.05) is 6.92 Å². The predicted molar refractivity (Wildman–Crippen MR) is 57.1 cm³/mol. The number of rotatable bonds is 1. The van der Waals surface area contributed by atoms with Crippen molar-refractivity contribution in [3.05, 3.63) is 12.3 Å². The minimum absolute atomic E-state index is 0.0267. The number of nitrogens with two attached hydrogens (primary N) is 1. The van der Waals surface area contributed by atoms with Crippen molar-refractivity contribution in [1.29, 1.82) is 0 Å². The van der Waals surface area contributed by atoms with Gasteiger partial charge >= 0.3 is 0 Å². The first-order valence-corrected chi connectivity index (χ1v) is 4.93. The quantitative estimate of drug-likeness (QED) is 0.732. The molecule has 0 amide bonds. The van der Waals surface area contributed by atoms with Crippen LogP contribution in [0.25, 0.3) is 0 Å². The number of piperidine rings is 1. The summed E-state index contributed by atoms with van der Waals surface area (Å²) in [5, 5.41) is 0. The van der Waals surface area contributed by atoms with Crippen LogP contribution in [0.5, 0.6) is 0 Å². The molecule has 4 heteroatoms. The number of nitrogen functional groups attached to an aromatic ring is 1. The van der Waals surface area contributed by atoms with E-state index < -0.39 is 0 Å². The highest BCUT2D eigenvalue weighted by Gasteiger charge is 2.17. The first-order chi connectivity index (χ1) is 7.58. The predicted octanol–water partition coefficient (Wildman–Crippen LogP) is 1.30. The third-order valence-corrected chi connectivity index (χ3v) is 2.51. The molecular formula is C10H16N4. The molecule has 2 heterocycles. The molecular weight excluding hydrogens is 176 g/mol. The first kappa shape index (κ1) is 7.04. The Hall–Kier alpha value is -1.32. The Balaban J connectivity index is 2.29. The van der Waals surface area contributed by atoms with Crippen LogP contribution in [0, 0.1) is 5.92 Å². The van der Waals surface area contributed by atoms with E-state index in [0.717, 1.165) is 19.5 Å². The third kappa shape index (κ3) is 1.95. The summed E-state index contributed by atoms with van der Waals surface area (Å²) in [6.45, 7) is 3.94. The molecule has 4 nitrogen and oxygen atoms in total. The minimum Gasteiger partial charge on any atom is -0.382 e. The molecule has 0 bridgehead atoms. The lowest BCUT2D eigenvalue weighted by Crippen LogP contribution is -2.34. The maximum Gasteiger partial charge on any atom is 0.147 e. The molecule has 2 rings (SSSR count). The van der Waals surface area contributed by atoms with Crippen LogP contribution in [-0.2, 0) is 0 Å². The molecule has 1 aromatic rings. The summed E-state index contributed by atoms with van der Waals surface area (Å²) in [6, 6.07) is 0. The summed E-state index contributed by atoms with van der Waals surface area (Å²) >= 11 is 0. The second-order valence-electron chi connectivity index (χ2n) is 3.85. The Morgan fingerprint density at radius 2 is 2.43 bits per heavy atom. The fourth-order valence-corrected chi connectivity index (χ4v) is 1.79. The number of hydrogen-bond acceptors (Lipinski definition) is 4. The molecule has 1 aromatic heterocycles. The van der Waals surface area contributed by atoms with Crippen LogP contribution >= 0.6 is 0 Å². The Morgan fingerprint density at radius 3 is 3.21 bits per heavy atom. The summed E-state index contributed by atoms with van der Waals surface area (Å²) in [6.07, 6.45) is 2.34. The topological polar surface area (TPSA) is 55.0 Å². The van der Waals surface area contributed by atoms with Gasteiger partial charge in [0.05, 0.1) is 15.1 Å². The van der Waals surface area contributed by atoms with E-state index in [0.29, 0.717) is 11.7 Å². The average molecular weight is 194 g/mol. The van der Waals surface area contributed by atoms with Crippen molar-refractivity contribution < 1.29 is 2.74 Å². The van der Waals surface area contributed by atoms with Crippen molar-refractivity contribution in [1.82, 2.24) is 9.97 Å². The Labute approximate surface area is 87.0 Å². The van der Waals surface area contributed by atoms with E-state index in [-0.39, 0.29) is 18.2 Å². The summed E-state index contributed by atoms with van der Waals surface area (Å²) < 4.78 is 15.2. The highest BCUT2D eigenvalue weighted by Crippen LogP contribution is 2.20. The maximum atomic E-state index is 7.73. The molecule has 1 atom stereocenters. The SMILES string of the molecule is [2H]c1nc(N2CCCC(C)C2)c([2H])nc1N. The van der Waals surface area contributed by atoms with Gasteiger partial charge < -0.3 is 10.6 Å². The van der Waals surface area contributed by atoms with Gasteiger partial charge in [0, 0.05) is 13.1 Å². The summed E-state index contributed by atoms with van der Waals surface area (Å²) in [4.78, 5) is 9.90. The van der Waals surface area contributed by atoms with Gasteiger partial charge in [-0.25, -0.2) is 9.97 Å². The van der Waals surface area contributed by atoms with Crippen molar-refractivity contribution in [2.45, 2.75) is 19.8 Å². The molecule has 1 aliphatic heterocycles. The van der Waals surface area contributed by atoms with Crippen LogP contribution in [0.1, 0.15) is 22.5 Å². The van der Waals surface area contributed by atoms with Gasteiger partial charge in [0.15, 0.2) is 0 Å². The monoisotopic (exact) mass is 194 g/mol. The number of anilines is 2. The van der Waals surface area contributed by atoms with Crippen molar-refractivity contribution in [3.63, 3.8) is 0 Å². The zero-order valence-corrected chi connectivity index (χ0v) is 8.32. The summed E-state index contributed by atoms with van der Waals surface area (Å²) in [7, 11) is 0. The molecule has 0 aliphatic carbocycles. The molecule has 0 spiro atoms. The molecule has 1 saturated heterocycles. The second-order valence-corrected chi connectivity index (χ2v) is 3.85. The smallest absolute Gasteiger partial charge is 0.147 e. The zero-order chi connectivity index (χ0) is 11.7. The highest BCUT2D eigenvalue weighted by molar-refractivity contribution is 5.39. The maximum absolute atomic E-state index is 7.73. The van der Waals surface area contributed by atoms with E-state index in [2.05, 4.69) is 16.9 Å². The molecule has 1 fully saturated rings. The highest BCUT2D eigenvalue weighted by atomic mass is 15.2.